The minimum Gasteiger partial charge on any atom is -0.396 e. The number of hydrogen-bond acceptors (Lipinski definition) is 10. The fourth-order valence-corrected chi connectivity index (χ4v) is 4.31. The van der Waals surface area contributed by atoms with E-state index in [1.165, 1.54) is 0 Å². The highest BCUT2D eigenvalue weighted by Gasteiger charge is 1.97. The first kappa shape index (κ1) is 45.6. The predicted molar refractivity (Wildman–Crippen MR) is 184 cm³/mol. The normalized spacial score (nSPS) is 11.6. The van der Waals surface area contributed by atoms with E-state index >= 15 is 0 Å². The van der Waals surface area contributed by atoms with Crippen molar-refractivity contribution in [2.45, 2.75) is 116 Å². The molecule has 0 spiro atoms. The van der Waals surface area contributed by atoms with Crippen LogP contribution in [-0.4, -0.2) is 129 Å². The molecule has 0 amide bonds. The first-order chi connectivity index (χ1) is 22.9. The molecule has 0 bridgehead atoms. The van der Waals surface area contributed by atoms with Gasteiger partial charge in [0.05, 0.1) is 0 Å². The molecule has 10 heteroatoms. The molecule has 10 nitrogen and oxygen atoms in total. The number of rotatable bonds is 43. The number of aliphatic hydroxyl groups excluding tert-OH is 2. The molecule has 0 aliphatic carbocycles. The second kappa shape index (κ2) is 44.6. The van der Waals surface area contributed by atoms with Crippen LogP contribution in [0.1, 0.15) is 116 Å². The summed E-state index contributed by atoms with van der Waals surface area (Å²) in [6.07, 6.45) is 18.1. The Hall–Kier alpha value is -0.400. The lowest BCUT2D eigenvalue weighted by Crippen LogP contribution is -2.04. The lowest BCUT2D eigenvalue weighted by atomic mass is 10.3. The summed E-state index contributed by atoms with van der Waals surface area (Å²) in [5.41, 5.74) is 0. The van der Waals surface area contributed by atoms with Gasteiger partial charge in [-0.25, -0.2) is 0 Å². The summed E-state index contributed by atoms with van der Waals surface area (Å²) in [6.45, 7) is 13.2. The average molecular weight is 667 g/mol. The second-order valence-electron chi connectivity index (χ2n) is 11.7. The Labute approximate surface area is 282 Å². The second-order valence-corrected chi connectivity index (χ2v) is 11.7. The first-order valence-corrected chi connectivity index (χ1v) is 18.8. The molecule has 0 aromatic carbocycles. The summed E-state index contributed by atoms with van der Waals surface area (Å²) in [4.78, 5) is 0. The predicted octanol–water partition coefficient (Wildman–Crippen LogP) is 6.13. The zero-order valence-corrected chi connectivity index (χ0v) is 29.6. The van der Waals surface area contributed by atoms with E-state index in [1.807, 2.05) is 0 Å². The molecule has 0 fully saturated rings. The minimum absolute atomic E-state index is 0.251. The Morgan fingerprint density at radius 3 is 0.391 bits per heavy atom. The standard InChI is InChI=1S/C36H74O10/c37-19-1-3-21-39-23-5-7-25-41-27-9-11-29-43-31-13-15-33-45-35-17-18-36-46-34-16-14-32-44-30-12-10-28-42-26-8-6-24-40-22-4-2-20-38/h37-38H,1-36H2. The molecule has 0 atom stereocenters. The average Bonchev–Trinajstić information content (AvgIpc) is 3.07. The third-order valence-electron chi connectivity index (χ3n) is 7.19. The third-order valence-corrected chi connectivity index (χ3v) is 7.19. The van der Waals surface area contributed by atoms with Crippen molar-refractivity contribution in [3.8, 4) is 0 Å². The van der Waals surface area contributed by atoms with Gasteiger partial charge in [-0.1, -0.05) is 0 Å². The van der Waals surface area contributed by atoms with Crippen molar-refractivity contribution < 1.29 is 48.1 Å². The van der Waals surface area contributed by atoms with Crippen molar-refractivity contribution >= 4 is 0 Å². The number of aliphatic hydroxyl groups is 2. The van der Waals surface area contributed by atoms with Gasteiger partial charge in [0.1, 0.15) is 0 Å². The van der Waals surface area contributed by atoms with Gasteiger partial charge in [-0.15, -0.1) is 0 Å². The van der Waals surface area contributed by atoms with E-state index in [4.69, 9.17) is 48.1 Å². The van der Waals surface area contributed by atoms with E-state index in [-0.39, 0.29) is 13.2 Å². The Bertz CT molecular complexity index is 471. The molecule has 0 aliphatic rings. The van der Waals surface area contributed by atoms with Crippen molar-refractivity contribution in [3.63, 3.8) is 0 Å². The van der Waals surface area contributed by atoms with Gasteiger partial charge in [-0.3, -0.25) is 0 Å². The molecule has 0 heterocycles. The molecule has 2 N–H and O–H groups in total. The monoisotopic (exact) mass is 667 g/mol. The summed E-state index contributed by atoms with van der Waals surface area (Å²) in [5.74, 6) is 0. The molecular formula is C36H74O10. The quantitative estimate of drug-likeness (QED) is 0.0738. The number of ether oxygens (including phenoxy) is 8. The molecule has 0 aromatic heterocycles. The third kappa shape index (κ3) is 43.6. The topological polar surface area (TPSA) is 114 Å². The van der Waals surface area contributed by atoms with E-state index in [0.717, 1.165) is 221 Å². The maximum Gasteiger partial charge on any atom is 0.0466 e. The van der Waals surface area contributed by atoms with Crippen LogP contribution in [0.15, 0.2) is 0 Å². The van der Waals surface area contributed by atoms with E-state index in [9.17, 15) is 0 Å². The highest BCUT2D eigenvalue weighted by molar-refractivity contribution is 4.46. The van der Waals surface area contributed by atoms with Gasteiger partial charge in [0.2, 0.25) is 0 Å². The number of hydrogen-bond donors (Lipinski definition) is 2. The maximum atomic E-state index is 8.71. The highest BCUT2D eigenvalue weighted by Crippen LogP contribution is 2.01. The van der Waals surface area contributed by atoms with E-state index < -0.39 is 0 Å². The molecule has 0 saturated carbocycles. The summed E-state index contributed by atoms with van der Waals surface area (Å²) >= 11 is 0. The van der Waals surface area contributed by atoms with E-state index in [1.54, 1.807) is 0 Å². The van der Waals surface area contributed by atoms with Crippen LogP contribution in [-0.2, 0) is 37.9 Å². The van der Waals surface area contributed by atoms with Crippen molar-refractivity contribution in [3.05, 3.63) is 0 Å². The molecule has 0 saturated heterocycles. The molecular weight excluding hydrogens is 592 g/mol. The van der Waals surface area contributed by atoms with Crippen LogP contribution in [0.5, 0.6) is 0 Å². The fraction of sp³-hybridized carbons (Fsp3) is 1.00. The zero-order valence-electron chi connectivity index (χ0n) is 29.6. The summed E-state index contributed by atoms with van der Waals surface area (Å²) in [5, 5.41) is 17.4. The van der Waals surface area contributed by atoms with E-state index in [0.29, 0.717) is 0 Å². The summed E-state index contributed by atoms with van der Waals surface area (Å²) in [6, 6.07) is 0. The van der Waals surface area contributed by atoms with Crippen LogP contribution in [0.2, 0.25) is 0 Å². The van der Waals surface area contributed by atoms with Crippen LogP contribution >= 0.6 is 0 Å². The van der Waals surface area contributed by atoms with Gasteiger partial charge in [-0.05, 0) is 116 Å². The number of unbranched alkanes of at least 4 members (excludes halogenated alkanes) is 9. The van der Waals surface area contributed by atoms with Gasteiger partial charge in [0.15, 0.2) is 0 Å². The Kier molecular flexibility index (Phi) is 44.2. The Morgan fingerprint density at radius 2 is 0.283 bits per heavy atom. The first-order valence-electron chi connectivity index (χ1n) is 18.8. The Morgan fingerprint density at radius 1 is 0.174 bits per heavy atom. The van der Waals surface area contributed by atoms with Gasteiger partial charge >= 0.3 is 0 Å². The summed E-state index contributed by atoms with van der Waals surface area (Å²) in [7, 11) is 0. The van der Waals surface area contributed by atoms with Gasteiger partial charge < -0.3 is 48.1 Å². The maximum absolute atomic E-state index is 8.71. The Balaban J connectivity index is 3.03. The van der Waals surface area contributed by atoms with Gasteiger partial charge in [-0.2, -0.15) is 0 Å². The van der Waals surface area contributed by atoms with Crippen molar-refractivity contribution in [1.29, 1.82) is 0 Å². The molecule has 0 radical (unpaired) electrons. The van der Waals surface area contributed by atoms with E-state index in [2.05, 4.69) is 0 Å². The molecule has 0 rings (SSSR count). The highest BCUT2D eigenvalue weighted by atomic mass is 16.5. The molecule has 0 aliphatic heterocycles. The fourth-order valence-electron chi connectivity index (χ4n) is 4.31. The van der Waals surface area contributed by atoms with Crippen LogP contribution in [0, 0.1) is 0 Å². The van der Waals surface area contributed by atoms with Crippen molar-refractivity contribution in [1.82, 2.24) is 0 Å². The van der Waals surface area contributed by atoms with Gasteiger partial charge in [0.25, 0.3) is 0 Å². The summed E-state index contributed by atoms with van der Waals surface area (Å²) < 4.78 is 45.2. The molecule has 0 aromatic rings. The largest absolute Gasteiger partial charge is 0.396 e. The van der Waals surface area contributed by atoms with Crippen LogP contribution in [0.25, 0.3) is 0 Å². The SMILES string of the molecule is OCCCCOCCCCOCCCCOCCCCOCCCCOCCCCOCCCCOCCCCOCCCCO. The van der Waals surface area contributed by atoms with Gasteiger partial charge in [0, 0.05) is 119 Å². The van der Waals surface area contributed by atoms with Crippen molar-refractivity contribution in [2.24, 2.45) is 0 Å². The van der Waals surface area contributed by atoms with Crippen LogP contribution in [0.3, 0.4) is 0 Å². The molecule has 278 valence electrons. The van der Waals surface area contributed by atoms with Crippen molar-refractivity contribution in [2.75, 3.05) is 119 Å². The lowest BCUT2D eigenvalue weighted by Gasteiger charge is -2.07. The lowest BCUT2D eigenvalue weighted by molar-refractivity contribution is 0.0777. The minimum atomic E-state index is 0.251. The zero-order chi connectivity index (χ0) is 33.1. The molecule has 46 heavy (non-hydrogen) atoms. The van der Waals surface area contributed by atoms with Crippen LogP contribution in [0.4, 0.5) is 0 Å². The smallest absolute Gasteiger partial charge is 0.0466 e. The van der Waals surface area contributed by atoms with Crippen LogP contribution < -0.4 is 0 Å². The molecule has 0 unspecified atom stereocenters.